The maximum Gasteiger partial charge on any atom is 0.333 e. The molecule has 0 rings (SSSR count). The second-order valence-electron chi connectivity index (χ2n) is 5.65. The van der Waals surface area contributed by atoms with Crippen LogP contribution < -0.4 is 0 Å². The molecular formula is C24H34O10. The minimum absolute atomic E-state index is 0.0322. The predicted molar refractivity (Wildman–Crippen MR) is 126 cm³/mol. The summed E-state index contributed by atoms with van der Waals surface area (Å²) in [4.78, 5) is 42.5. The molecule has 0 aliphatic carbocycles. The smallest absolute Gasteiger partial charge is 0.333 e. The molecule has 0 aliphatic rings. The van der Waals surface area contributed by atoms with Gasteiger partial charge in [-0.2, -0.15) is 0 Å². The average Bonchev–Trinajstić information content (AvgIpc) is 2.82. The predicted octanol–water partition coefficient (Wildman–Crippen LogP) is 2.98. The average molecular weight is 483 g/mol. The molecule has 0 spiro atoms. The molecule has 34 heavy (non-hydrogen) atoms. The highest BCUT2D eigenvalue weighted by molar-refractivity contribution is 5.87. The van der Waals surface area contributed by atoms with E-state index in [1.165, 1.54) is 12.5 Å². The summed E-state index contributed by atoms with van der Waals surface area (Å²) >= 11 is 0. The van der Waals surface area contributed by atoms with E-state index in [-0.39, 0.29) is 26.4 Å². The van der Waals surface area contributed by atoms with Gasteiger partial charge in [0.2, 0.25) is 0 Å². The van der Waals surface area contributed by atoms with Crippen LogP contribution in [0.3, 0.4) is 0 Å². The number of rotatable bonds is 15. The van der Waals surface area contributed by atoms with Crippen LogP contribution in [0.1, 0.15) is 13.8 Å². The van der Waals surface area contributed by atoms with Crippen LogP contribution in [0.15, 0.2) is 75.3 Å². The fourth-order valence-corrected chi connectivity index (χ4v) is 1.18. The van der Waals surface area contributed by atoms with Crippen molar-refractivity contribution in [2.75, 3.05) is 39.6 Å². The lowest BCUT2D eigenvalue weighted by Gasteiger charge is -2.05. The molecule has 0 aromatic carbocycles. The first-order chi connectivity index (χ1) is 16.1. The van der Waals surface area contributed by atoms with Gasteiger partial charge in [-0.1, -0.05) is 39.5 Å². The number of esters is 4. The Labute approximate surface area is 200 Å². The topological polar surface area (TPSA) is 124 Å². The van der Waals surface area contributed by atoms with Crippen LogP contribution in [0.4, 0.5) is 0 Å². The summed E-state index contributed by atoms with van der Waals surface area (Å²) < 4.78 is 27.9. The summed E-state index contributed by atoms with van der Waals surface area (Å²) in [7, 11) is 0. The lowest BCUT2D eigenvalue weighted by atomic mass is 10.4. The van der Waals surface area contributed by atoms with Crippen molar-refractivity contribution in [3.05, 3.63) is 75.3 Å². The number of carbonyl (C=O) groups excluding carboxylic acids is 4. The lowest BCUT2D eigenvalue weighted by molar-refractivity contribution is -0.147. The highest BCUT2D eigenvalue weighted by Crippen LogP contribution is 1.94. The van der Waals surface area contributed by atoms with Crippen molar-refractivity contribution in [2.45, 2.75) is 13.8 Å². The number of hydrogen-bond donors (Lipinski definition) is 0. The lowest BCUT2D eigenvalue weighted by Crippen LogP contribution is -2.14. The third-order valence-corrected chi connectivity index (χ3v) is 2.71. The van der Waals surface area contributed by atoms with Crippen molar-refractivity contribution in [1.82, 2.24) is 0 Å². The van der Waals surface area contributed by atoms with E-state index in [1.54, 1.807) is 13.8 Å². The summed E-state index contributed by atoms with van der Waals surface area (Å²) in [5.41, 5.74) is 0.632. The van der Waals surface area contributed by atoms with E-state index in [4.69, 9.17) is 9.47 Å². The van der Waals surface area contributed by atoms with Crippen molar-refractivity contribution in [1.29, 1.82) is 0 Å². The normalized spacial score (nSPS) is 8.41. The molecule has 0 fully saturated rings. The second-order valence-corrected chi connectivity index (χ2v) is 5.65. The maximum atomic E-state index is 10.8. The van der Waals surface area contributed by atoms with Crippen LogP contribution in [-0.4, -0.2) is 63.5 Å². The Bertz CT molecular complexity index is 647. The van der Waals surface area contributed by atoms with Crippen LogP contribution >= 0.6 is 0 Å². The monoisotopic (exact) mass is 482 g/mol. The number of carbonyl (C=O) groups is 4. The molecule has 0 aromatic heterocycles. The van der Waals surface area contributed by atoms with Crippen LogP contribution in [0.2, 0.25) is 0 Å². The second kappa shape index (κ2) is 25.2. The van der Waals surface area contributed by atoms with E-state index in [9.17, 15) is 19.2 Å². The quantitative estimate of drug-likeness (QED) is 0.113. The Hall–Kier alpha value is -4.08. The Morgan fingerprint density at radius 1 is 0.559 bits per heavy atom. The van der Waals surface area contributed by atoms with Gasteiger partial charge in [0.15, 0.2) is 0 Å². The third kappa shape index (κ3) is 27.9. The van der Waals surface area contributed by atoms with E-state index in [2.05, 4.69) is 58.4 Å². The molecule has 10 nitrogen and oxygen atoms in total. The number of hydrogen-bond acceptors (Lipinski definition) is 10. The van der Waals surface area contributed by atoms with Gasteiger partial charge >= 0.3 is 23.9 Å². The zero-order chi connectivity index (χ0) is 26.8. The van der Waals surface area contributed by atoms with Crippen molar-refractivity contribution in [2.24, 2.45) is 0 Å². The van der Waals surface area contributed by atoms with Crippen LogP contribution in [0, 0.1) is 0 Å². The van der Waals surface area contributed by atoms with Gasteiger partial charge in [0.1, 0.15) is 39.6 Å². The fourth-order valence-electron chi connectivity index (χ4n) is 1.18. The van der Waals surface area contributed by atoms with E-state index in [0.29, 0.717) is 24.4 Å². The van der Waals surface area contributed by atoms with Gasteiger partial charge in [-0.25, -0.2) is 19.2 Å². The van der Waals surface area contributed by atoms with Gasteiger partial charge in [0.05, 0.1) is 12.5 Å². The van der Waals surface area contributed by atoms with E-state index >= 15 is 0 Å². The molecule has 0 unspecified atom stereocenters. The first kappa shape index (κ1) is 34.5. The fraction of sp³-hybridized carbons (Fsp3) is 0.333. The Kier molecular flexibility index (Phi) is 25.6. The van der Waals surface area contributed by atoms with Gasteiger partial charge in [-0.3, -0.25) is 0 Å². The maximum absolute atomic E-state index is 10.8. The van der Waals surface area contributed by atoms with Gasteiger partial charge in [-0.15, -0.1) is 0 Å². The highest BCUT2D eigenvalue weighted by Gasteiger charge is 2.05. The van der Waals surface area contributed by atoms with Gasteiger partial charge in [-0.05, 0) is 13.8 Å². The van der Waals surface area contributed by atoms with Crippen LogP contribution in [0.5, 0.6) is 0 Å². The molecule has 0 atom stereocenters. The molecule has 10 heteroatoms. The minimum atomic E-state index is -0.537. The molecule has 0 bridgehead atoms. The largest absolute Gasteiger partial charge is 0.498 e. The van der Waals surface area contributed by atoms with Crippen molar-refractivity contribution >= 4 is 23.9 Å². The Morgan fingerprint density at radius 2 is 0.853 bits per heavy atom. The molecule has 0 amide bonds. The SMILES string of the molecule is C=C(C)C(=O)OCCOC(=O)C(=C)C.C=CC(=O)OCCOC(=O)C=C.C=COCCOC=C. The Balaban J connectivity index is -0.000000440. The zero-order valence-corrected chi connectivity index (χ0v) is 19.9. The summed E-state index contributed by atoms with van der Waals surface area (Å²) in [6, 6.07) is 0. The summed E-state index contributed by atoms with van der Waals surface area (Å²) in [5, 5.41) is 0. The number of ether oxygens (including phenoxy) is 6. The summed E-state index contributed by atoms with van der Waals surface area (Å²) in [6.07, 6.45) is 4.84. The molecule has 0 aromatic rings. The van der Waals surface area contributed by atoms with E-state index in [1.807, 2.05) is 0 Å². The first-order valence-corrected chi connectivity index (χ1v) is 9.75. The molecule has 0 heterocycles. The molecule has 0 aliphatic heterocycles. The van der Waals surface area contributed by atoms with E-state index < -0.39 is 23.9 Å². The molecule has 190 valence electrons. The van der Waals surface area contributed by atoms with Crippen molar-refractivity contribution < 1.29 is 47.6 Å². The molecular weight excluding hydrogens is 448 g/mol. The minimum Gasteiger partial charge on any atom is -0.498 e. The Morgan fingerprint density at radius 3 is 1.09 bits per heavy atom. The van der Waals surface area contributed by atoms with Crippen molar-refractivity contribution in [3.63, 3.8) is 0 Å². The molecule has 0 saturated carbocycles. The van der Waals surface area contributed by atoms with Crippen molar-refractivity contribution in [3.8, 4) is 0 Å². The van der Waals surface area contributed by atoms with Crippen LogP contribution in [0.25, 0.3) is 0 Å². The molecule has 0 N–H and O–H groups in total. The van der Waals surface area contributed by atoms with Gasteiger partial charge in [0.25, 0.3) is 0 Å². The third-order valence-electron chi connectivity index (χ3n) is 2.71. The van der Waals surface area contributed by atoms with Gasteiger partial charge in [0, 0.05) is 23.3 Å². The highest BCUT2D eigenvalue weighted by atomic mass is 16.6. The van der Waals surface area contributed by atoms with Gasteiger partial charge < -0.3 is 28.4 Å². The standard InChI is InChI=1S/C10H14O4.C8H10O4.C6H10O2/c1-7(2)9(11)13-5-6-14-10(12)8(3)4;1-3-7(9)11-5-6-12-8(10)4-2;1-3-7-5-6-8-4-2/h1,3,5-6H2,2,4H3;3-4H,1-2,5-6H2;3-4H,1-2,5-6H2. The molecule has 0 saturated heterocycles. The zero-order valence-electron chi connectivity index (χ0n) is 19.9. The van der Waals surface area contributed by atoms with E-state index in [0.717, 1.165) is 12.2 Å². The first-order valence-electron chi connectivity index (χ1n) is 9.75. The molecule has 0 radical (unpaired) electrons. The summed E-state index contributed by atoms with van der Waals surface area (Å²) in [6.45, 7) is 24.2. The summed E-state index contributed by atoms with van der Waals surface area (Å²) in [5.74, 6) is -2.05. The van der Waals surface area contributed by atoms with Crippen LogP contribution in [-0.2, 0) is 47.6 Å².